The molecule has 0 spiro atoms. The minimum absolute atomic E-state index is 0.00675. The Bertz CT molecular complexity index is 4690. The molecule has 5 aromatic rings. The number of imidazole rings is 3. The average molecular weight is 1840 g/mol. The molecule has 1 aliphatic heterocycles. The summed E-state index contributed by atoms with van der Waals surface area (Å²) in [5, 5.41) is 116. The number of nitrogens with zero attached hydrogens (tertiary/aromatic N) is 7. The number of hydrogen-bond donors (Lipinski definition) is 23. The topological polar surface area (TPSA) is 738 Å². The molecule has 11 amide bonds. The zero-order chi connectivity index (χ0) is 95.6. The quantitative estimate of drug-likeness (QED) is 0.0165. The summed E-state index contributed by atoms with van der Waals surface area (Å²) >= 11 is 0. The molecule has 2 fully saturated rings. The van der Waals surface area contributed by atoms with Crippen molar-refractivity contribution in [2.75, 3.05) is 91.6 Å². The predicted octanol–water partition coefficient (Wildman–Crippen LogP) is -3.98. The van der Waals surface area contributed by atoms with Crippen molar-refractivity contribution in [1.29, 1.82) is 0 Å². The molecule has 2 aromatic carbocycles. The van der Waals surface area contributed by atoms with Gasteiger partial charge in [0, 0.05) is 141 Å². The summed E-state index contributed by atoms with van der Waals surface area (Å²) in [6.07, 6.45) is 2.96. The highest BCUT2D eigenvalue weighted by atomic mass is 16.4. The molecular weight excluding hydrogens is 1730 g/mol. The molecule has 0 bridgehead atoms. The van der Waals surface area contributed by atoms with Crippen LogP contribution in [-0.4, -0.2) is 354 Å². The molecule has 7 rings (SSSR count). The number of aliphatic carboxylic acids is 9. The number of nitrogens with one attached hydrogen (secondary N) is 14. The third-order valence-electron chi connectivity index (χ3n) is 21.8. The first-order valence-corrected chi connectivity index (χ1v) is 42.4. The van der Waals surface area contributed by atoms with Crippen molar-refractivity contribution < 1.29 is 137 Å². The van der Waals surface area contributed by atoms with Crippen LogP contribution in [0.1, 0.15) is 119 Å². The van der Waals surface area contributed by atoms with Crippen molar-refractivity contribution in [2.24, 2.45) is 11.8 Å². The van der Waals surface area contributed by atoms with Crippen LogP contribution in [-0.2, 0) is 112 Å². The van der Waals surface area contributed by atoms with Gasteiger partial charge in [0.25, 0.3) is 0 Å². The molecule has 49 heteroatoms. The van der Waals surface area contributed by atoms with Crippen molar-refractivity contribution in [3.8, 4) is 0 Å². The van der Waals surface area contributed by atoms with Gasteiger partial charge >= 0.3 is 59.8 Å². The smallest absolute Gasteiger partial charge is 0.326 e. The van der Waals surface area contributed by atoms with Crippen LogP contribution in [0.5, 0.6) is 0 Å². The summed E-state index contributed by atoms with van der Waals surface area (Å²) in [6, 6.07) is -2.74. The zero-order valence-corrected chi connectivity index (χ0v) is 71.6. The number of aromatic nitrogens is 6. The van der Waals surface area contributed by atoms with Crippen LogP contribution in [0.4, 0.5) is 4.79 Å². The van der Waals surface area contributed by atoms with E-state index in [0.29, 0.717) is 31.2 Å². The number of rotatable bonds is 54. The van der Waals surface area contributed by atoms with Crippen molar-refractivity contribution in [3.63, 3.8) is 0 Å². The van der Waals surface area contributed by atoms with Crippen LogP contribution in [0.2, 0.25) is 0 Å². The molecule has 4 heterocycles. The SMILES string of the molecule is O=C(O)CC[C@H](NC(=O)N[C@@H](CCCCNC(=O)C(Cc1ccc2ccccc2c1)NC(=O)C1CCC(CNC(=O)[C@H](Cc2c[nH]cn2)NC(=O)[C@H](CCC(=O)O)NC(=O)[C@H](Cc2c[nH]cn2)NC(=O)[C@H](CCC(=O)O)NC(=O)[C@H](Cc2c[nH]cn2)NC(=O)[C@H](CCC(=O)O)NC(=O)CN2CCN(CC(=O)O)CCN(CC(=O)O)CCN(CC(=O)O)CC2)CC1)C(=O)O)C(=O)O. The number of unbranched alkanes of at least 4 members (excludes halogenated alkanes) is 1. The Morgan fingerprint density at radius 1 is 0.351 bits per heavy atom. The Labute approximate surface area is 748 Å². The molecule has 0 radical (unpaired) electrons. The third-order valence-corrected chi connectivity index (χ3v) is 21.8. The number of aromatic amines is 3. The third kappa shape index (κ3) is 38.4. The molecule has 2 aliphatic rings. The number of carboxylic acids is 9. The Kier molecular flexibility index (Phi) is 42.6. The van der Waals surface area contributed by atoms with E-state index >= 15 is 0 Å². The molecule has 1 saturated carbocycles. The van der Waals surface area contributed by atoms with Crippen LogP contribution < -0.4 is 58.5 Å². The lowest BCUT2D eigenvalue weighted by molar-refractivity contribution is -0.141. The number of benzene rings is 2. The second-order valence-electron chi connectivity index (χ2n) is 31.8. The van der Waals surface area contributed by atoms with E-state index in [1.807, 2.05) is 42.5 Å². The predicted molar refractivity (Wildman–Crippen MR) is 454 cm³/mol. The van der Waals surface area contributed by atoms with Crippen LogP contribution in [0.25, 0.3) is 10.8 Å². The maximum absolute atomic E-state index is 14.8. The molecule has 131 heavy (non-hydrogen) atoms. The summed E-state index contributed by atoms with van der Waals surface area (Å²) in [5.41, 5.74) is 1.20. The fourth-order valence-electron chi connectivity index (χ4n) is 14.7. The van der Waals surface area contributed by atoms with Gasteiger partial charge in [0.2, 0.25) is 53.2 Å². The standard InChI is InChI=1S/C82H113N21O28/c104-64(40-100-23-25-101(41-69(113)114)27-29-103(43-71(117)118)30-28-102(26-24-100)42-70(115)116)91-55(14-18-65(105)106)75(122)96-62(34-53-38-84-45-89-53)78(125)93-57(16-20-67(109)110)77(124)97-63(35-54-39-85-46-90-54)79(126)92-56(15-19-66(107)108)76(123)95-61(33-52-37-83-44-88-52)74(121)87-36-47-8-12-50(13-9-47)72(119)94-60(32-48-10-11-49-5-1-2-6-51(49)31-48)73(120)86-22-4-3-7-58(80(127)128)98-82(131)99-59(81(129)130)17-21-68(111)112/h1-2,5-6,10-11,31,37-39,44-47,50,55-63H,3-4,7-9,12-30,32-36,40-43H2,(H,83,88)(H,84,89)(H,85,90)(H,86,120)(H,87,121)(H,91,104)(H,92,126)(H,93,125)(H,94,119)(H,95,123)(H,96,122)(H,97,124)(H,105,106)(H,107,108)(H,109,110)(H,111,112)(H,113,114)(H,115,116)(H,117,118)(H,127,128)(H,129,130)(H2,98,99,131)/t47?,50?,55-,56-,57-,58-,59-,60?,61-,62-,63-/m0/s1. The highest BCUT2D eigenvalue weighted by Crippen LogP contribution is 2.29. The Morgan fingerprint density at radius 3 is 1.11 bits per heavy atom. The maximum Gasteiger partial charge on any atom is 0.326 e. The molecule has 714 valence electrons. The van der Waals surface area contributed by atoms with Gasteiger partial charge in [-0.2, -0.15) is 0 Å². The highest BCUT2D eigenvalue weighted by Gasteiger charge is 2.38. The van der Waals surface area contributed by atoms with Gasteiger partial charge in [0.1, 0.15) is 54.4 Å². The highest BCUT2D eigenvalue weighted by molar-refractivity contribution is 5.98. The minimum Gasteiger partial charge on any atom is -0.481 e. The lowest BCUT2D eigenvalue weighted by atomic mass is 9.81. The molecule has 49 nitrogen and oxygen atoms in total. The number of carbonyl (C=O) groups excluding carboxylic acids is 10. The van der Waals surface area contributed by atoms with Crippen LogP contribution >= 0.6 is 0 Å². The summed E-state index contributed by atoms with van der Waals surface area (Å²) < 4.78 is 0. The molecule has 1 unspecified atom stereocenters. The van der Waals surface area contributed by atoms with E-state index < -0.39 is 264 Å². The number of urea groups is 1. The summed E-state index contributed by atoms with van der Waals surface area (Å²) in [7, 11) is 0. The van der Waals surface area contributed by atoms with Gasteiger partial charge in [0.15, 0.2) is 0 Å². The number of hydrogen-bond acceptors (Lipinski definition) is 26. The van der Waals surface area contributed by atoms with Crippen molar-refractivity contribution in [1.82, 2.24) is 108 Å². The number of carbonyl (C=O) groups is 19. The van der Waals surface area contributed by atoms with Crippen LogP contribution in [0.3, 0.4) is 0 Å². The van der Waals surface area contributed by atoms with E-state index in [-0.39, 0.29) is 121 Å². The lowest BCUT2D eigenvalue weighted by Crippen LogP contribution is -2.60. The second-order valence-corrected chi connectivity index (χ2v) is 31.8. The van der Waals surface area contributed by atoms with Gasteiger partial charge in [-0.05, 0) is 92.9 Å². The first-order chi connectivity index (χ1) is 62.4. The van der Waals surface area contributed by atoms with E-state index in [1.54, 1.807) is 0 Å². The monoisotopic (exact) mass is 1840 g/mol. The molecule has 1 aliphatic carbocycles. The fraction of sp³-hybridized carbons (Fsp3) is 0.537. The Hall–Kier alpha value is -14.1. The number of amides is 11. The number of H-pyrrole nitrogens is 3. The van der Waals surface area contributed by atoms with Crippen LogP contribution in [0, 0.1) is 11.8 Å². The Balaban J connectivity index is 1.01. The first kappa shape index (κ1) is 104. The summed E-state index contributed by atoms with van der Waals surface area (Å²) in [4.78, 5) is 276. The van der Waals surface area contributed by atoms with Crippen molar-refractivity contribution in [2.45, 2.75) is 176 Å². The first-order valence-electron chi connectivity index (χ1n) is 42.4. The van der Waals surface area contributed by atoms with E-state index in [0.717, 1.165) is 10.8 Å². The summed E-state index contributed by atoms with van der Waals surface area (Å²) in [5.74, 6) is -21.5. The molecule has 3 aromatic heterocycles. The Morgan fingerprint density at radius 2 is 0.710 bits per heavy atom. The van der Waals surface area contributed by atoms with E-state index in [4.69, 9.17) is 5.11 Å². The normalized spacial score (nSPS) is 16.8. The molecule has 1 saturated heterocycles. The van der Waals surface area contributed by atoms with Gasteiger partial charge in [-0.3, -0.25) is 96.3 Å². The van der Waals surface area contributed by atoms with E-state index in [1.165, 1.54) is 57.2 Å². The fourth-order valence-corrected chi connectivity index (χ4v) is 14.7. The number of fused-ring (bicyclic) bond motifs is 1. The van der Waals surface area contributed by atoms with Gasteiger partial charge < -0.3 is 119 Å². The van der Waals surface area contributed by atoms with Gasteiger partial charge in [-0.15, -0.1) is 0 Å². The second kappa shape index (κ2) is 53.6. The minimum atomic E-state index is -1.89. The average Bonchev–Trinajstić information content (AvgIpc) is 1.67. The summed E-state index contributed by atoms with van der Waals surface area (Å²) in [6.45, 7) is -1.75. The zero-order valence-electron chi connectivity index (χ0n) is 71.6. The largest absolute Gasteiger partial charge is 0.481 e. The molecule has 23 N–H and O–H groups in total. The molecule has 9 atom stereocenters. The van der Waals surface area contributed by atoms with Gasteiger partial charge in [-0.1, -0.05) is 42.5 Å². The van der Waals surface area contributed by atoms with E-state index in [2.05, 4.69) is 88.4 Å². The van der Waals surface area contributed by atoms with Crippen LogP contribution in [0.15, 0.2) is 80.0 Å². The maximum atomic E-state index is 14.8. The number of carboxylic acid groups (broad SMARTS) is 9. The molecular formula is C82H113N21O28. The van der Waals surface area contributed by atoms with E-state index in [9.17, 15) is 132 Å². The van der Waals surface area contributed by atoms with Crippen molar-refractivity contribution >= 4 is 124 Å². The van der Waals surface area contributed by atoms with Gasteiger partial charge in [-0.25, -0.2) is 29.3 Å². The van der Waals surface area contributed by atoms with Gasteiger partial charge in [0.05, 0.1) is 62.2 Å². The lowest BCUT2D eigenvalue weighted by Gasteiger charge is -2.33. The van der Waals surface area contributed by atoms with Crippen molar-refractivity contribution in [3.05, 3.63) is 103 Å².